The fourth-order valence-electron chi connectivity index (χ4n) is 4.28. The summed E-state index contributed by atoms with van der Waals surface area (Å²) in [5, 5.41) is 2.58. The Kier molecular flexibility index (Phi) is 7.42. The smallest absolute Gasteiger partial charge is 0.224 e. The van der Waals surface area contributed by atoms with Crippen molar-refractivity contribution in [1.82, 2.24) is 4.31 Å². The first-order valence-corrected chi connectivity index (χ1v) is 12.4. The molecule has 1 aromatic rings. The first kappa shape index (κ1) is 23.0. The highest BCUT2D eigenvalue weighted by atomic mass is 32.2. The molecule has 1 amide bonds. The average molecular weight is 438 g/mol. The van der Waals surface area contributed by atoms with Crippen LogP contribution in [0.3, 0.4) is 0 Å². The summed E-state index contributed by atoms with van der Waals surface area (Å²) >= 11 is 0. The van der Waals surface area contributed by atoms with Gasteiger partial charge in [0.1, 0.15) is 0 Å². The van der Waals surface area contributed by atoms with E-state index in [2.05, 4.69) is 24.1 Å². The zero-order valence-electron chi connectivity index (χ0n) is 18.5. The number of piperidine rings is 1. The number of ether oxygens (including phenoxy) is 1. The van der Waals surface area contributed by atoms with Crippen LogP contribution in [0.1, 0.15) is 47.0 Å². The summed E-state index contributed by atoms with van der Waals surface area (Å²) in [7, 11) is -3.20. The zero-order chi connectivity index (χ0) is 21.9. The number of hydrogen-bond donors (Lipinski definition) is 1. The highest BCUT2D eigenvalue weighted by Crippen LogP contribution is 2.25. The molecule has 0 aliphatic carbocycles. The van der Waals surface area contributed by atoms with Gasteiger partial charge in [-0.2, -0.15) is 0 Å². The minimum atomic E-state index is -3.20. The fourth-order valence-corrected chi connectivity index (χ4v) is 5.60. The minimum absolute atomic E-state index is 0.0125. The first-order chi connectivity index (χ1) is 14.1. The Hall–Kier alpha value is -1.64. The average Bonchev–Trinajstić information content (AvgIpc) is 2.68. The highest BCUT2D eigenvalue weighted by molar-refractivity contribution is 7.89. The van der Waals surface area contributed by atoms with Gasteiger partial charge in [-0.3, -0.25) is 4.79 Å². The standard InChI is InChI=1S/C22H35N3O4S/c1-16(2)30(27,28)25-11-9-19(10-12-25)13-22(26)23-20-5-7-21(8-6-20)24-14-17(3)29-18(4)15-24/h5-8,16-19H,9-15H2,1-4H3,(H,23,26). The highest BCUT2D eigenvalue weighted by Gasteiger charge is 2.30. The summed E-state index contributed by atoms with van der Waals surface area (Å²) < 4.78 is 31.9. The van der Waals surface area contributed by atoms with Gasteiger partial charge >= 0.3 is 0 Å². The number of morpholine rings is 1. The van der Waals surface area contributed by atoms with Gasteiger partial charge in [0.05, 0.1) is 17.5 Å². The van der Waals surface area contributed by atoms with Crippen molar-refractivity contribution in [3.63, 3.8) is 0 Å². The predicted molar refractivity (Wildman–Crippen MR) is 120 cm³/mol. The van der Waals surface area contributed by atoms with Gasteiger partial charge in [0.25, 0.3) is 0 Å². The second-order valence-corrected chi connectivity index (χ2v) is 11.4. The SMILES string of the molecule is CC1CN(c2ccc(NC(=O)CC3CCN(S(=O)(=O)C(C)C)CC3)cc2)CC(C)O1. The third-order valence-corrected chi connectivity index (χ3v) is 8.22. The first-order valence-electron chi connectivity index (χ1n) is 10.9. The molecule has 1 aromatic carbocycles. The van der Waals surface area contributed by atoms with Crippen LogP contribution in [0.5, 0.6) is 0 Å². The van der Waals surface area contributed by atoms with Gasteiger partial charge in [-0.05, 0) is 70.7 Å². The number of carbonyl (C=O) groups is 1. The van der Waals surface area contributed by atoms with Crippen molar-refractivity contribution in [1.29, 1.82) is 0 Å². The molecular formula is C22H35N3O4S. The van der Waals surface area contributed by atoms with E-state index in [0.29, 0.717) is 19.5 Å². The molecule has 2 aliphatic heterocycles. The summed E-state index contributed by atoms with van der Waals surface area (Å²) in [6, 6.07) is 7.96. The van der Waals surface area contributed by atoms with Crippen molar-refractivity contribution in [2.75, 3.05) is 36.4 Å². The molecule has 0 radical (unpaired) electrons. The van der Waals surface area contributed by atoms with Crippen LogP contribution >= 0.6 is 0 Å². The summed E-state index contributed by atoms with van der Waals surface area (Å²) in [5.41, 5.74) is 1.92. The molecule has 168 valence electrons. The van der Waals surface area contributed by atoms with Gasteiger partial charge in [-0.15, -0.1) is 0 Å². The molecule has 3 rings (SSSR count). The molecule has 1 N–H and O–H groups in total. The summed E-state index contributed by atoms with van der Waals surface area (Å²) in [4.78, 5) is 14.8. The molecule has 2 atom stereocenters. The second kappa shape index (κ2) is 9.66. The fraction of sp³-hybridized carbons (Fsp3) is 0.682. The van der Waals surface area contributed by atoms with Crippen molar-refractivity contribution in [3.8, 4) is 0 Å². The van der Waals surface area contributed by atoms with Gasteiger partial charge in [0.15, 0.2) is 0 Å². The predicted octanol–water partition coefficient (Wildman–Crippen LogP) is 3.08. The number of rotatable bonds is 6. The van der Waals surface area contributed by atoms with Crippen molar-refractivity contribution in [2.24, 2.45) is 5.92 Å². The quantitative estimate of drug-likeness (QED) is 0.740. The Bertz CT molecular complexity index is 807. The molecule has 7 nitrogen and oxygen atoms in total. The van der Waals surface area contributed by atoms with E-state index in [4.69, 9.17) is 4.74 Å². The van der Waals surface area contributed by atoms with E-state index < -0.39 is 15.3 Å². The lowest BCUT2D eigenvalue weighted by atomic mass is 9.94. The molecule has 2 unspecified atom stereocenters. The second-order valence-electron chi connectivity index (χ2n) is 8.90. The van der Waals surface area contributed by atoms with E-state index in [-0.39, 0.29) is 24.0 Å². The summed E-state index contributed by atoms with van der Waals surface area (Å²) in [6.45, 7) is 10.3. The topological polar surface area (TPSA) is 79.0 Å². The number of benzene rings is 1. The minimum Gasteiger partial charge on any atom is -0.372 e. The zero-order valence-corrected chi connectivity index (χ0v) is 19.3. The van der Waals surface area contributed by atoms with E-state index in [9.17, 15) is 13.2 Å². The maximum atomic E-state index is 12.5. The number of hydrogen-bond acceptors (Lipinski definition) is 5. The van der Waals surface area contributed by atoms with E-state index in [1.165, 1.54) is 0 Å². The van der Waals surface area contributed by atoms with Crippen LogP contribution in [0.2, 0.25) is 0 Å². The Morgan fingerprint density at radius 2 is 1.67 bits per heavy atom. The monoisotopic (exact) mass is 437 g/mol. The van der Waals surface area contributed by atoms with E-state index in [0.717, 1.165) is 37.3 Å². The van der Waals surface area contributed by atoms with Crippen molar-refractivity contribution in [3.05, 3.63) is 24.3 Å². The lowest BCUT2D eigenvalue weighted by Gasteiger charge is -2.36. The Balaban J connectivity index is 1.48. The van der Waals surface area contributed by atoms with Crippen molar-refractivity contribution >= 4 is 27.3 Å². The molecule has 2 heterocycles. The van der Waals surface area contributed by atoms with Crippen LogP contribution in [0.4, 0.5) is 11.4 Å². The molecule has 0 aromatic heterocycles. The van der Waals surface area contributed by atoms with E-state index >= 15 is 0 Å². The van der Waals surface area contributed by atoms with Crippen LogP contribution in [0, 0.1) is 5.92 Å². The summed E-state index contributed by atoms with van der Waals surface area (Å²) in [5.74, 6) is 0.209. The lowest BCUT2D eigenvalue weighted by molar-refractivity contribution is -0.117. The Morgan fingerprint density at radius 1 is 1.10 bits per heavy atom. The molecule has 2 aliphatic rings. The molecule has 0 saturated carbocycles. The number of amides is 1. The van der Waals surface area contributed by atoms with Gasteiger partial charge in [-0.25, -0.2) is 12.7 Å². The van der Waals surface area contributed by atoms with Crippen molar-refractivity contribution in [2.45, 2.75) is 64.4 Å². The van der Waals surface area contributed by atoms with Crippen LogP contribution in [0.25, 0.3) is 0 Å². The normalized spacial score (nSPS) is 24.2. The third kappa shape index (κ3) is 5.74. The van der Waals surface area contributed by atoms with Gasteiger partial charge < -0.3 is 15.0 Å². The molecular weight excluding hydrogens is 402 g/mol. The Labute approximate surface area is 180 Å². The molecule has 2 fully saturated rings. The number of sulfonamides is 1. The van der Waals surface area contributed by atoms with Crippen LogP contribution < -0.4 is 10.2 Å². The number of anilines is 2. The number of nitrogens with one attached hydrogen (secondary N) is 1. The molecule has 0 spiro atoms. The maximum absolute atomic E-state index is 12.5. The van der Waals surface area contributed by atoms with Crippen molar-refractivity contribution < 1.29 is 17.9 Å². The van der Waals surface area contributed by atoms with E-state index in [1.807, 2.05) is 24.3 Å². The van der Waals surface area contributed by atoms with Crippen LogP contribution in [-0.4, -0.2) is 62.3 Å². The Morgan fingerprint density at radius 3 is 2.20 bits per heavy atom. The molecule has 8 heteroatoms. The van der Waals surface area contributed by atoms with Crippen LogP contribution in [-0.2, 0) is 19.6 Å². The van der Waals surface area contributed by atoms with Crippen LogP contribution in [0.15, 0.2) is 24.3 Å². The molecule has 2 saturated heterocycles. The molecule has 0 bridgehead atoms. The number of nitrogens with zero attached hydrogens (tertiary/aromatic N) is 2. The van der Waals surface area contributed by atoms with Gasteiger partial charge in [0, 0.05) is 44.0 Å². The van der Waals surface area contributed by atoms with E-state index in [1.54, 1.807) is 18.2 Å². The summed E-state index contributed by atoms with van der Waals surface area (Å²) in [6.07, 6.45) is 2.29. The third-order valence-electron chi connectivity index (χ3n) is 5.94. The van der Waals surface area contributed by atoms with Gasteiger partial charge in [0.2, 0.25) is 15.9 Å². The largest absolute Gasteiger partial charge is 0.372 e. The van der Waals surface area contributed by atoms with Gasteiger partial charge in [-0.1, -0.05) is 0 Å². The maximum Gasteiger partial charge on any atom is 0.224 e. The number of carbonyl (C=O) groups excluding carboxylic acids is 1. The lowest BCUT2D eigenvalue weighted by Crippen LogP contribution is -2.45. The molecule has 30 heavy (non-hydrogen) atoms.